The number of aryl methyl sites for hydroxylation is 1. The molecular weight excluding hydrogens is 526 g/mol. The van der Waals surface area contributed by atoms with Gasteiger partial charge in [-0.15, -0.1) is 0 Å². The number of aliphatic hydroxyl groups excluding tert-OH is 1. The number of nitrogens with two attached hydrogens (primary N) is 1. The molecule has 0 saturated carbocycles. The highest BCUT2D eigenvalue weighted by Gasteiger charge is 2.38. The van der Waals surface area contributed by atoms with Crippen LogP contribution in [-0.2, 0) is 30.3 Å². The van der Waals surface area contributed by atoms with E-state index in [0.717, 1.165) is 28.6 Å². The van der Waals surface area contributed by atoms with E-state index in [1.807, 2.05) is 37.3 Å². The van der Waals surface area contributed by atoms with Crippen molar-refractivity contribution < 1.29 is 29.0 Å². The van der Waals surface area contributed by atoms with Gasteiger partial charge in [0.2, 0.25) is 5.91 Å². The first-order valence-electron chi connectivity index (χ1n) is 14.0. The molecule has 2 heterocycles. The standard InChI is InChI=1S/C30H41N5O6/c1-6-22-12-11-21-10-9-20(16-24(21)33-22)13-14-30(5,17-36)29(40)41-25(18(2)3)27(38)32-19(4)28(39)35-15-7-8-23(34-35)26(31)37/h9-14,16,18-19,23,25,34,36H,6-8,15,17H2,1-5H3,(H2,31,37)(H,32,38)/b14-13+/t19?,23?,25?,30-/m1/s1. The van der Waals surface area contributed by atoms with Gasteiger partial charge in [-0.1, -0.05) is 51.1 Å². The summed E-state index contributed by atoms with van der Waals surface area (Å²) in [7, 11) is 0. The van der Waals surface area contributed by atoms with Crippen LogP contribution in [-0.4, -0.2) is 70.1 Å². The van der Waals surface area contributed by atoms with Crippen LogP contribution in [0.3, 0.4) is 0 Å². The second-order valence-corrected chi connectivity index (χ2v) is 11.0. The fourth-order valence-electron chi connectivity index (χ4n) is 4.43. The molecule has 3 amide bonds. The van der Waals surface area contributed by atoms with Crippen LogP contribution in [0.1, 0.15) is 58.7 Å². The molecule has 222 valence electrons. The summed E-state index contributed by atoms with van der Waals surface area (Å²) in [6, 6.07) is 8.10. The summed E-state index contributed by atoms with van der Waals surface area (Å²) >= 11 is 0. The van der Waals surface area contributed by atoms with Crippen LogP contribution >= 0.6 is 0 Å². The molecular formula is C30H41N5O6. The highest BCUT2D eigenvalue weighted by molar-refractivity contribution is 5.91. The minimum Gasteiger partial charge on any atom is -0.451 e. The van der Waals surface area contributed by atoms with E-state index in [-0.39, 0.29) is 0 Å². The number of hydrogen-bond acceptors (Lipinski definition) is 8. The second kappa shape index (κ2) is 13.7. The predicted molar refractivity (Wildman–Crippen MR) is 155 cm³/mol. The Balaban J connectivity index is 1.69. The first-order valence-corrected chi connectivity index (χ1v) is 14.0. The number of benzene rings is 1. The van der Waals surface area contributed by atoms with Gasteiger partial charge in [-0.25, -0.2) is 5.43 Å². The van der Waals surface area contributed by atoms with E-state index in [2.05, 4.69) is 15.7 Å². The van der Waals surface area contributed by atoms with Gasteiger partial charge < -0.3 is 20.9 Å². The van der Waals surface area contributed by atoms with Gasteiger partial charge in [-0.2, -0.15) is 0 Å². The minimum atomic E-state index is -1.43. The smallest absolute Gasteiger partial charge is 0.318 e. The van der Waals surface area contributed by atoms with E-state index in [1.54, 1.807) is 26.0 Å². The first-order chi connectivity index (χ1) is 19.4. The molecule has 1 aromatic heterocycles. The van der Waals surface area contributed by atoms with Crippen molar-refractivity contribution in [2.24, 2.45) is 17.1 Å². The topological polar surface area (TPSA) is 164 Å². The average Bonchev–Trinajstić information content (AvgIpc) is 2.97. The Labute approximate surface area is 240 Å². The molecule has 11 heteroatoms. The lowest BCUT2D eigenvalue weighted by molar-refractivity contribution is -0.167. The van der Waals surface area contributed by atoms with Crippen LogP contribution in [0.15, 0.2) is 36.4 Å². The number of esters is 1. The summed E-state index contributed by atoms with van der Waals surface area (Å²) in [5.41, 5.74) is 9.31. The zero-order chi connectivity index (χ0) is 30.3. The number of fused-ring (bicyclic) bond motifs is 1. The van der Waals surface area contributed by atoms with Crippen molar-refractivity contribution in [1.29, 1.82) is 0 Å². The molecule has 1 fully saturated rings. The minimum absolute atomic E-state index is 0.361. The van der Waals surface area contributed by atoms with Crippen LogP contribution in [0.5, 0.6) is 0 Å². The maximum Gasteiger partial charge on any atom is 0.318 e. The Morgan fingerprint density at radius 3 is 2.59 bits per heavy atom. The number of hydrogen-bond donors (Lipinski definition) is 4. The number of amides is 3. The molecule has 1 aliphatic rings. The number of rotatable bonds is 11. The lowest BCUT2D eigenvalue weighted by atomic mass is 9.90. The zero-order valence-corrected chi connectivity index (χ0v) is 24.3. The summed E-state index contributed by atoms with van der Waals surface area (Å²) in [5.74, 6) is -2.85. The summed E-state index contributed by atoms with van der Waals surface area (Å²) in [5, 5.41) is 15.0. The van der Waals surface area contributed by atoms with Gasteiger partial charge in [0.05, 0.1) is 12.1 Å². The van der Waals surface area contributed by atoms with Crippen LogP contribution in [0.2, 0.25) is 0 Å². The van der Waals surface area contributed by atoms with Crippen LogP contribution < -0.4 is 16.5 Å². The molecule has 0 radical (unpaired) electrons. The highest BCUT2D eigenvalue weighted by Crippen LogP contribution is 2.25. The quantitative estimate of drug-likeness (QED) is 0.299. The van der Waals surface area contributed by atoms with E-state index in [0.29, 0.717) is 19.4 Å². The van der Waals surface area contributed by atoms with E-state index in [4.69, 9.17) is 10.5 Å². The van der Waals surface area contributed by atoms with Gasteiger partial charge in [-0.05, 0) is 56.7 Å². The molecule has 0 spiro atoms. The Kier molecular flexibility index (Phi) is 10.6. The molecule has 4 atom stereocenters. The number of pyridine rings is 1. The highest BCUT2D eigenvalue weighted by atomic mass is 16.6. The molecule has 1 aromatic carbocycles. The number of hydrazine groups is 1. The second-order valence-electron chi connectivity index (χ2n) is 11.0. The SMILES string of the molecule is CCc1ccc2ccc(/C=C/[C@](C)(CO)C(=O)OC(C(=O)NC(C)C(=O)N3CCCC(C(N)=O)N3)C(C)C)cc2n1. The number of nitrogens with zero attached hydrogens (tertiary/aromatic N) is 2. The van der Waals surface area contributed by atoms with E-state index < -0.39 is 59.8 Å². The largest absolute Gasteiger partial charge is 0.451 e. The summed E-state index contributed by atoms with van der Waals surface area (Å²) < 4.78 is 5.62. The van der Waals surface area contributed by atoms with Crippen molar-refractivity contribution in [3.05, 3.63) is 47.7 Å². The van der Waals surface area contributed by atoms with Crippen molar-refractivity contribution in [3.8, 4) is 0 Å². The lowest BCUT2D eigenvalue weighted by Crippen LogP contribution is -2.60. The third-order valence-electron chi connectivity index (χ3n) is 7.20. The Morgan fingerprint density at radius 2 is 1.95 bits per heavy atom. The number of aromatic nitrogens is 1. The lowest BCUT2D eigenvalue weighted by Gasteiger charge is -2.34. The molecule has 5 N–H and O–H groups in total. The molecule has 2 aromatic rings. The number of aliphatic hydroxyl groups is 1. The van der Waals surface area contributed by atoms with Gasteiger partial charge in [0.15, 0.2) is 6.10 Å². The molecule has 0 bridgehead atoms. The molecule has 1 saturated heterocycles. The number of nitrogens with one attached hydrogen (secondary N) is 2. The van der Waals surface area contributed by atoms with E-state index in [9.17, 15) is 24.3 Å². The first kappa shape index (κ1) is 31.7. The molecule has 3 rings (SSSR count). The number of primary amides is 1. The normalized spacial score (nSPS) is 18.6. The van der Waals surface area contributed by atoms with E-state index >= 15 is 0 Å². The van der Waals surface area contributed by atoms with Crippen molar-refractivity contribution in [3.63, 3.8) is 0 Å². The number of carbonyl (C=O) groups excluding carboxylic acids is 4. The zero-order valence-electron chi connectivity index (χ0n) is 24.3. The van der Waals surface area contributed by atoms with Crippen molar-refractivity contribution >= 4 is 40.7 Å². The number of carbonyl (C=O) groups is 4. The van der Waals surface area contributed by atoms with Crippen molar-refractivity contribution in [2.45, 2.75) is 72.1 Å². The fourth-order valence-corrected chi connectivity index (χ4v) is 4.43. The monoisotopic (exact) mass is 567 g/mol. The van der Waals surface area contributed by atoms with Gasteiger partial charge in [0.25, 0.3) is 11.8 Å². The Morgan fingerprint density at radius 1 is 1.24 bits per heavy atom. The maximum atomic E-state index is 13.2. The molecule has 3 unspecified atom stereocenters. The Bertz CT molecular complexity index is 1310. The van der Waals surface area contributed by atoms with Gasteiger partial charge in [0, 0.05) is 17.6 Å². The third-order valence-corrected chi connectivity index (χ3v) is 7.20. The van der Waals surface area contributed by atoms with Crippen LogP contribution in [0.4, 0.5) is 0 Å². The predicted octanol–water partition coefficient (Wildman–Crippen LogP) is 1.86. The van der Waals surface area contributed by atoms with Crippen LogP contribution in [0, 0.1) is 11.3 Å². The van der Waals surface area contributed by atoms with Gasteiger partial charge in [0.1, 0.15) is 17.5 Å². The third kappa shape index (κ3) is 7.89. The fraction of sp³-hybridized carbons (Fsp3) is 0.500. The van der Waals surface area contributed by atoms with Gasteiger partial charge >= 0.3 is 5.97 Å². The number of ether oxygens (including phenoxy) is 1. The molecule has 0 aliphatic carbocycles. The summed E-state index contributed by atoms with van der Waals surface area (Å²) in [6.45, 7) is 8.32. The molecule has 11 nitrogen and oxygen atoms in total. The van der Waals surface area contributed by atoms with Crippen LogP contribution in [0.25, 0.3) is 17.0 Å². The summed E-state index contributed by atoms with van der Waals surface area (Å²) in [6.07, 6.45) is 3.98. The van der Waals surface area contributed by atoms with Crippen molar-refractivity contribution in [1.82, 2.24) is 20.7 Å². The summed E-state index contributed by atoms with van der Waals surface area (Å²) in [4.78, 5) is 55.4. The molecule has 1 aliphatic heterocycles. The maximum absolute atomic E-state index is 13.2. The van der Waals surface area contributed by atoms with E-state index in [1.165, 1.54) is 18.9 Å². The Hall–Kier alpha value is -3.83. The molecule has 41 heavy (non-hydrogen) atoms. The van der Waals surface area contributed by atoms with Crippen molar-refractivity contribution in [2.75, 3.05) is 13.2 Å². The average molecular weight is 568 g/mol. The van der Waals surface area contributed by atoms with Gasteiger partial charge in [-0.3, -0.25) is 29.2 Å².